The average Bonchev–Trinajstić information content (AvgIpc) is 2.82. The Morgan fingerprint density at radius 2 is 1.55 bits per heavy atom. The van der Waals surface area contributed by atoms with Crippen LogP contribution in [-0.2, 0) is 14.3 Å². The first-order chi connectivity index (χ1) is 9.46. The second-order valence-electron chi connectivity index (χ2n) is 3.76. The van der Waals surface area contributed by atoms with Crippen molar-refractivity contribution in [2.45, 2.75) is 27.1 Å². The molecule has 1 N–H and O–H groups in total. The summed E-state index contributed by atoms with van der Waals surface area (Å²) >= 11 is 0. The summed E-state index contributed by atoms with van der Waals surface area (Å²) in [4.78, 5) is 20.5. The van der Waals surface area contributed by atoms with Gasteiger partial charge in [-0.05, 0) is 32.9 Å². The number of methoxy groups -OCH3 is 1. The number of carbonyl (C=O) groups excluding carboxylic acids is 2. The predicted octanol–water partition coefficient (Wildman–Crippen LogP) is 1.55. The number of Topliss-reactive ketones (excluding diaryl/α,β-unsaturated/α-hetero) is 1. The minimum Gasteiger partial charge on any atom is -0.463 e. The Bertz CT molecular complexity index is 400. The van der Waals surface area contributed by atoms with Crippen LogP contribution in [0.4, 0.5) is 0 Å². The highest BCUT2D eigenvalue weighted by atomic mass is 16.7. The van der Waals surface area contributed by atoms with Crippen molar-refractivity contribution in [2.24, 2.45) is 0 Å². The Balaban J connectivity index is 0.000000438. The summed E-state index contributed by atoms with van der Waals surface area (Å²) in [5, 5.41) is 7.57. The number of aliphatic hydroxyl groups excluding tert-OH is 1. The van der Waals surface area contributed by atoms with Crippen LogP contribution in [-0.4, -0.2) is 36.9 Å². The van der Waals surface area contributed by atoms with E-state index in [0.717, 1.165) is 0 Å². The molecule has 1 heterocycles. The maximum absolute atomic E-state index is 11.0. The van der Waals surface area contributed by atoms with Crippen molar-refractivity contribution < 1.29 is 28.9 Å². The quantitative estimate of drug-likeness (QED) is 0.788. The lowest BCUT2D eigenvalue weighted by Gasteiger charge is -2.05. The van der Waals surface area contributed by atoms with Gasteiger partial charge in [0.2, 0.25) is 0 Å². The summed E-state index contributed by atoms with van der Waals surface area (Å²) in [6.07, 6.45) is -0.956. The van der Waals surface area contributed by atoms with Crippen molar-refractivity contribution in [3.8, 4) is 11.5 Å². The van der Waals surface area contributed by atoms with E-state index in [-0.39, 0.29) is 12.4 Å². The van der Waals surface area contributed by atoms with Crippen LogP contribution in [0.15, 0.2) is 24.3 Å². The van der Waals surface area contributed by atoms with Gasteiger partial charge in [-0.15, -0.1) is 0 Å². The average molecular weight is 284 g/mol. The fourth-order valence-corrected chi connectivity index (χ4v) is 1.09. The summed E-state index contributed by atoms with van der Waals surface area (Å²) in [6.45, 7) is 4.99. The smallest absolute Gasteiger partial charge is 0.389 e. The Labute approximate surface area is 118 Å². The van der Waals surface area contributed by atoms with Gasteiger partial charge in [0.1, 0.15) is 5.78 Å². The van der Waals surface area contributed by atoms with Crippen LogP contribution >= 0.6 is 0 Å². The Kier molecular flexibility index (Phi) is 8.78. The third kappa shape index (κ3) is 6.75. The van der Waals surface area contributed by atoms with Crippen molar-refractivity contribution in [3.05, 3.63) is 24.3 Å². The topological polar surface area (TPSA) is 82.1 Å². The minimum absolute atomic E-state index is 0.167. The molecule has 0 bridgehead atoms. The van der Waals surface area contributed by atoms with E-state index in [0.29, 0.717) is 11.5 Å². The van der Waals surface area contributed by atoms with Crippen molar-refractivity contribution in [1.82, 2.24) is 0 Å². The molecule has 1 aromatic carbocycles. The van der Waals surface area contributed by atoms with Gasteiger partial charge in [0.05, 0.1) is 7.11 Å². The molecule has 0 radical (unpaired) electrons. The third-order valence-electron chi connectivity index (χ3n) is 1.71. The number of hydrogen-bond donors (Lipinski definition) is 1. The van der Waals surface area contributed by atoms with Gasteiger partial charge in [0.15, 0.2) is 11.5 Å². The Morgan fingerprint density at radius 1 is 1.20 bits per heavy atom. The highest BCUT2D eigenvalue weighted by Crippen LogP contribution is 2.33. The van der Waals surface area contributed by atoms with Crippen LogP contribution in [0.1, 0.15) is 20.8 Å². The molecule has 1 aromatic rings. The number of aliphatic hydroxyl groups is 1. The van der Waals surface area contributed by atoms with Crippen LogP contribution in [0, 0.1) is 0 Å². The molecule has 112 valence electrons. The normalized spacial score (nSPS) is 11.4. The zero-order chi connectivity index (χ0) is 15.5. The number of fused-ring (bicyclic) bond motifs is 1. The van der Waals surface area contributed by atoms with E-state index in [1.807, 2.05) is 12.1 Å². The standard InChI is InChI=1S/C9H8O4.C3H6O.C2H6O/c1-11-8(10)9-12-6-4-2-3-5-7(6)13-9;1-3(2)4;1-2-3/h2-5,9H,1H3;1-2H3;3H,2H2,1H3. The first-order valence-electron chi connectivity index (χ1n) is 6.04. The van der Waals surface area contributed by atoms with Crippen molar-refractivity contribution >= 4 is 11.8 Å². The maximum atomic E-state index is 11.0. The van der Waals surface area contributed by atoms with E-state index in [9.17, 15) is 9.59 Å². The lowest BCUT2D eigenvalue weighted by molar-refractivity contribution is -0.158. The molecule has 0 fully saturated rings. The zero-order valence-electron chi connectivity index (χ0n) is 12.1. The fourth-order valence-electron chi connectivity index (χ4n) is 1.09. The lowest BCUT2D eigenvalue weighted by Crippen LogP contribution is -2.29. The molecule has 0 aliphatic carbocycles. The summed E-state index contributed by atoms with van der Waals surface area (Å²) in [5.41, 5.74) is 0. The lowest BCUT2D eigenvalue weighted by atomic mass is 10.3. The number of rotatable bonds is 1. The number of esters is 1. The largest absolute Gasteiger partial charge is 0.463 e. The molecule has 6 heteroatoms. The summed E-state index contributed by atoms with van der Waals surface area (Å²) in [7, 11) is 1.29. The number of ether oxygens (including phenoxy) is 3. The van der Waals surface area contributed by atoms with E-state index in [2.05, 4.69) is 4.74 Å². The van der Waals surface area contributed by atoms with E-state index >= 15 is 0 Å². The molecule has 0 spiro atoms. The minimum atomic E-state index is -0.956. The third-order valence-corrected chi connectivity index (χ3v) is 1.71. The molecule has 0 saturated heterocycles. The Morgan fingerprint density at radius 3 is 1.85 bits per heavy atom. The highest BCUT2D eigenvalue weighted by Gasteiger charge is 2.30. The number of hydrogen-bond acceptors (Lipinski definition) is 6. The van der Waals surface area contributed by atoms with Gasteiger partial charge in [-0.25, -0.2) is 4.79 Å². The van der Waals surface area contributed by atoms with Gasteiger partial charge in [-0.1, -0.05) is 12.1 Å². The number of benzene rings is 1. The molecule has 0 saturated carbocycles. The van der Waals surface area contributed by atoms with Crippen LogP contribution in [0.2, 0.25) is 0 Å². The van der Waals surface area contributed by atoms with Gasteiger partial charge in [0.25, 0.3) is 0 Å². The van der Waals surface area contributed by atoms with Crippen molar-refractivity contribution in [1.29, 1.82) is 0 Å². The SMILES string of the molecule is CC(C)=O.CCO.COC(=O)C1Oc2ccccc2O1. The second-order valence-corrected chi connectivity index (χ2v) is 3.76. The van der Waals surface area contributed by atoms with Crippen LogP contribution in [0.25, 0.3) is 0 Å². The molecule has 20 heavy (non-hydrogen) atoms. The number of ketones is 1. The summed E-state index contributed by atoms with van der Waals surface area (Å²) in [5.74, 6) is 0.770. The first kappa shape index (κ1) is 17.9. The van der Waals surface area contributed by atoms with Gasteiger partial charge < -0.3 is 24.1 Å². The van der Waals surface area contributed by atoms with Crippen LogP contribution in [0.5, 0.6) is 11.5 Å². The first-order valence-corrected chi connectivity index (χ1v) is 6.04. The molecule has 6 nitrogen and oxygen atoms in total. The monoisotopic (exact) mass is 284 g/mol. The van der Waals surface area contributed by atoms with Crippen molar-refractivity contribution in [3.63, 3.8) is 0 Å². The van der Waals surface area contributed by atoms with E-state index in [4.69, 9.17) is 14.6 Å². The molecular weight excluding hydrogens is 264 g/mol. The zero-order valence-corrected chi connectivity index (χ0v) is 12.1. The summed E-state index contributed by atoms with van der Waals surface area (Å²) < 4.78 is 14.8. The number of para-hydroxylation sites is 2. The van der Waals surface area contributed by atoms with Gasteiger partial charge in [-0.2, -0.15) is 0 Å². The van der Waals surface area contributed by atoms with E-state index in [1.165, 1.54) is 21.0 Å². The summed E-state index contributed by atoms with van der Waals surface area (Å²) in [6, 6.07) is 7.08. The van der Waals surface area contributed by atoms with Crippen LogP contribution < -0.4 is 9.47 Å². The van der Waals surface area contributed by atoms with Gasteiger partial charge in [-0.3, -0.25) is 0 Å². The molecule has 0 amide bonds. The maximum Gasteiger partial charge on any atom is 0.389 e. The Hall–Kier alpha value is -2.08. The highest BCUT2D eigenvalue weighted by molar-refractivity contribution is 5.75. The number of carbonyl (C=O) groups is 2. The van der Waals surface area contributed by atoms with E-state index < -0.39 is 12.3 Å². The molecule has 0 aromatic heterocycles. The van der Waals surface area contributed by atoms with Gasteiger partial charge >= 0.3 is 12.3 Å². The van der Waals surface area contributed by atoms with E-state index in [1.54, 1.807) is 19.1 Å². The fraction of sp³-hybridized carbons (Fsp3) is 0.429. The molecule has 1 aliphatic rings. The second kappa shape index (κ2) is 9.80. The molecule has 0 atom stereocenters. The van der Waals surface area contributed by atoms with Crippen LogP contribution in [0.3, 0.4) is 0 Å². The van der Waals surface area contributed by atoms with Gasteiger partial charge in [0, 0.05) is 6.61 Å². The molecule has 1 aliphatic heterocycles. The van der Waals surface area contributed by atoms with Crippen molar-refractivity contribution in [2.75, 3.05) is 13.7 Å². The molecular formula is C14H20O6. The molecule has 0 unspecified atom stereocenters. The predicted molar refractivity (Wildman–Crippen MR) is 72.6 cm³/mol. The molecule has 2 rings (SSSR count).